The Morgan fingerprint density at radius 2 is 1.84 bits per heavy atom. The standard InChI is InChI=1S/C15H25NO.C2H6/c1-5-6-7-13-10-15(17-4)14(8-11(13)2)9-12(3)16;1-2/h8,10,12H,5-7,9,16H2,1-4H3;1-2H3. The molecular weight excluding hydrogens is 234 g/mol. The summed E-state index contributed by atoms with van der Waals surface area (Å²) in [4.78, 5) is 0. The van der Waals surface area contributed by atoms with E-state index in [1.807, 2.05) is 20.8 Å². The lowest BCUT2D eigenvalue weighted by molar-refractivity contribution is 0.407. The minimum Gasteiger partial charge on any atom is -0.496 e. The van der Waals surface area contributed by atoms with E-state index in [0.29, 0.717) is 0 Å². The minimum absolute atomic E-state index is 0.171. The van der Waals surface area contributed by atoms with E-state index in [1.165, 1.54) is 29.5 Å². The summed E-state index contributed by atoms with van der Waals surface area (Å²) in [7, 11) is 1.74. The smallest absolute Gasteiger partial charge is 0.122 e. The van der Waals surface area contributed by atoms with Gasteiger partial charge in [0.1, 0.15) is 5.75 Å². The van der Waals surface area contributed by atoms with Gasteiger partial charge in [0.05, 0.1) is 7.11 Å². The van der Waals surface area contributed by atoms with Crippen LogP contribution in [0.3, 0.4) is 0 Å². The number of benzene rings is 1. The summed E-state index contributed by atoms with van der Waals surface area (Å²) in [6, 6.07) is 4.58. The molecule has 110 valence electrons. The molecule has 1 rings (SSSR count). The first-order chi connectivity index (χ1) is 9.08. The van der Waals surface area contributed by atoms with Crippen LogP contribution in [0.1, 0.15) is 57.2 Å². The zero-order valence-electron chi connectivity index (χ0n) is 13.5. The van der Waals surface area contributed by atoms with Crippen molar-refractivity contribution in [2.45, 2.75) is 66.3 Å². The van der Waals surface area contributed by atoms with E-state index >= 15 is 0 Å². The van der Waals surface area contributed by atoms with Gasteiger partial charge in [0.25, 0.3) is 0 Å². The molecule has 0 heterocycles. The van der Waals surface area contributed by atoms with Crippen LogP contribution in [-0.4, -0.2) is 13.2 Å². The molecule has 2 nitrogen and oxygen atoms in total. The first-order valence-corrected chi connectivity index (χ1v) is 7.50. The fourth-order valence-corrected chi connectivity index (χ4v) is 2.12. The number of rotatable bonds is 6. The van der Waals surface area contributed by atoms with Gasteiger partial charge < -0.3 is 10.5 Å². The molecule has 0 aliphatic rings. The number of aryl methyl sites for hydroxylation is 2. The van der Waals surface area contributed by atoms with Gasteiger partial charge in [0.2, 0.25) is 0 Å². The Morgan fingerprint density at radius 3 is 2.32 bits per heavy atom. The van der Waals surface area contributed by atoms with Crippen LogP contribution in [0.25, 0.3) is 0 Å². The molecule has 2 heteroatoms. The van der Waals surface area contributed by atoms with Crippen molar-refractivity contribution in [1.82, 2.24) is 0 Å². The largest absolute Gasteiger partial charge is 0.496 e. The van der Waals surface area contributed by atoms with Crippen molar-refractivity contribution in [2.75, 3.05) is 7.11 Å². The summed E-state index contributed by atoms with van der Waals surface area (Å²) < 4.78 is 5.47. The molecule has 1 unspecified atom stereocenters. The average molecular weight is 265 g/mol. The van der Waals surface area contributed by atoms with Crippen LogP contribution in [-0.2, 0) is 12.8 Å². The molecule has 0 aromatic heterocycles. The maximum absolute atomic E-state index is 5.86. The van der Waals surface area contributed by atoms with Gasteiger partial charge in [-0.3, -0.25) is 0 Å². The lowest BCUT2D eigenvalue weighted by atomic mass is 9.97. The molecule has 0 bridgehead atoms. The SMILES string of the molecule is CC.CCCCc1cc(OC)c(CC(C)N)cc1C. The summed E-state index contributed by atoms with van der Waals surface area (Å²) in [6.45, 7) is 10.4. The third-order valence-corrected chi connectivity index (χ3v) is 3.08. The molecule has 1 atom stereocenters. The highest BCUT2D eigenvalue weighted by Gasteiger charge is 2.09. The normalized spacial score (nSPS) is 11.5. The summed E-state index contributed by atoms with van der Waals surface area (Å²) in [5, 5.41) is 0. The van der Waals surface area contributed by atoms with Crippen LogP contribution >= 0.6 is 0 Å². The van der Waals surface area contributed by atoms with Crippen LogP contribution in [0.5, 0.6) is 5.75 Å². The van der Waals surface area contributed by atoms with Gasteiger partial charge in [0, 0.05) is 6.04 Å². The van der Waals surface area contributed by atoms with E-state index in [2.05, 4.69) is 26.0 Å². The number of nitrogens with two attached hydrogens (primary N) is 1. The summed E-state index contributed by atoms with van der Waals surface area (Å²) in [5.41, 5.74) is 9.84. The lowest BCUT2D eigenvalue weighted by Gasteiger charge is -2.15. The summed E-state index contributed by atoms with van der Waals surface area (Å²) >= 11 is 0. The summed E-state index contributed by atoms with van der Waals surface area (Å²) in [5.74, 6) is 0.985. The maximum atomic E-state index is 5.86. The molecule has 0 amide bonds. The molecular formula is C17H31NO. The predicted molar refractivity (Wildman–Crippen MR) is 85.0 cm³/mol. The first-order valence-electron chi connectivity index (χ1n) is 7.50. The maximum Gasteiger partial charge on any atom is 0.122 e. The Hall–Kier alpha value is -1.02. The van der Waals surface area contributed by atoms with Crippen LogP contribution < -0.4 is 10.5 Å². The van der Waals surface area contributed by atoms with Gasteiger partial charge in [-0.1, -0.05) is 33.3 Å². The Balaban J connectivity index is 0.00000154. The molecule has 0 spiro atoms. The van der Waals surface area contributed by atoms with Gasteiger partial charge in [0.15, 0.2) is 0 Å². The Morgan fingerprint density at radius 1 is 1.21 bits per heavy atom. The molecule has 0 fully saturated rings. The van der Waals surface area contributed by atoms with Crippen molar-refractivity contribution in [3.05, 3.63) is 28.8 Å². The molecule has 2 N–H and O–H groups in total. The molecule has 0 aliphatic heterocycles. The van der Waals surface area contributed by atoms with E-state index in [9.17, 15) is 0 Å². The predicted octanol–water partition coefficient (Wildman–Crippen LogP) is 4.26. The molecule has 0 radical (unpaired) electrons. The van der Waals surface area contributed by atoms with E-state index in [4.69, 9.17) is 10.5 Å². The molecule has 19 heavy (non-hydrogen) atoms. The molecule has 0 saturated carbocycles. The average Bonchev–Trinajstić information content (AvgIpc) is 2.39. The lowest BCUT2D eigenvalue weighted by Crippen LogP contribution is -2.18. The quantitative estimate of drug-likeness (QED) is 0.834. The zero-order valence-corrected chi connectivity index (χ0v) is 13.5. The van der Waals surface area contributed by atoms with Gasteiger partial charge in [-0.15, -0.1) is 0 Å². The van der Waals surface area contributed by atoms with Gasteiger partial charge >= 0.3 is 0 Å². The van der Waals surface area contributed by atoms with Crippen LogP contribution in [0.2, 0.25) is 0 Å². The third kappa shape index (κ3) is 6.11. The van der Waals surface area contributed by atoms with E-state index in [0.717, 1.165) is 18.6 Å². The fourth-order valence-electron chi connectivity index (χ4n) is 2.12. The van der Waals surface area contributed by atoms with E-state index in [-0.39, 0.29) is 6.04 Å². The Labute approximate surface area is 119 Å². The summed E-state index contributed by atoms with van der Waals surface area (Å²) in [6.07, 6.45) is 4.47. The second kappa shape index (κ2) is 9.85. The number of hydrogen-bond donors (Lipinski definition) is 1. The Bertz CT molecular complexity index is 359. The monoisotopic (exact) mass is 265 g/mol. The highest BCUT2D eigenvalue weighted by atomic mass is 16.5. The highest BCUT2D eigenvalue weighted by molar-refractivity contribution is 5.42. The molecule has 1 aromatic rings. The van der Waals surface area contributed by atoms with E-state index < -0.39 is 0 Å². The zero-order chi connectivity index (χ0) is 14.8. The fraction of sp³-hybridized carbons (Fsp3) is 0.647. The third-order valence-electron chi connectivity index (χ3n) is 3.08. The van der Waals surface area contributed by atoms with Crippen molar-refractivity contribution in [2.24, 2.45) is 5.73 Å². The van der Waals surface area contributed by atoms with Crippen molar-refractivity contribution in [3.63, 3.8) is 0 Å². The van der Waals surface area contributed by atoms with Gasteiger partial charge in [-0.25, -0.2) is 0 Å². The molecule has 0 saturated heterocycles. The number of hydrogen-bond acceptors (Lipinski definition) is 2. The van der Waals surface area contributed by atoms with Crippen molar-refractivity contribution in [1.29, 1.82) is 0 Å². The number of methoxy groups -OCH3 is 1. The van der Waals surface area contributed by atoms with Gasteiger partial charge in [-0.2, -0.15) is 0 Å². The first kappa shape index (κ1) is 18.0. The second-order valence-corrected chi connectivity index (χ2v) is 4.88. The number of ether oxygens (including phenoxy) is 1. The van der Waals surface area contributed by atoms with Crippen molar-refractivity contribution < 1.29 is 4.74 Å². The van der Waals surface area contributed by atoms with Crippen LogP contribution in [0.4, 0.5) is 0 Å². The van der Waals surface area contributed by atoms with Crippen molar-refractivity contribution >= 4 is 0 Å². The minimum atomic E-state index is 0.171. The Kier molecular flexibility index (Phi) is 9.32. The van der Waals surface area contributed by atoms with Crippen molar-refractivity contribution in [3.8, 4) is 5.75 Å². The highest BCUT2D eigenvalue weighted by Crippen LogP contribution is 2.25. The number of unbranched alkanes of at least 4 members (excludes halogenated alkanes) is 1. The van der Waals surface area contributed by atoms with E-state index in [1.54, 1.807) is 7.11 Å². The molecule has 1 aromatic carbocycles. The second-order valence-electron chi connectivity index (χ2n) is 4.88. The van der Waals surface area contributed by atoms with Crippen LogP contribution in [0, 0.1) is 6.92 Å². The topological polar surface area (TPSA) is 35.2 Å². The van der Waals surface area contributed by atoms with Gasteiger partial charge in [-0.05, 0) is 55.9 Å². The van der Waals surface area contributed by atoms with Crippen LogP contribution in [0.15, 0.2) is 12.1 Å². The molecule has 0 aliphatic carbocycles.